The highest BCUT2D eigenvalue weighted by Gasteiger charge is 2.04. The molecule has 0 aliphatic carbocycles. The highest BCUT2D eigenvalue weighted by Crippen LogP contribution is 2.17. The molecular formula is C20H20FN3O2. The normalized spacial score (nSPS) is 11.3. The smallest absolute Gasteiger partial charge is 0.267 e. The van der Waals surface area contributed by atoms with Gasteiger partial charge in [0.25, 0.3) is 5.91 Å². The summed E-state index contributed by atoms with van der Waals surface area (Å²) in [6.07, 6.45) is 5.20. The Balaban J connectivity index is 1.53. The molecule has 5 nitrogen and oxygen atoms in total. The Morgan fingerprint density at radius 3 is 2.92 bits per heavy atom. The second-order valence-corrected chi connectivity index (χ2v) is 5.95. The lowest BCUT2D eigenvalue weighted by atomic mass is 10.1. The number of hydroxylamine groups is 1. The zero-order valence-electron chi connectivity index (χ0n) is 14.1. The molecule has 0 bridgehead atoms. The van der Waals surface area contributed by atoms with Gasteiger partial charge in [0, 0.05) is 35.3 Å². The van der Waals surface area contributed by atoms with Gasteiger partial charge in [-0.15, -0.1) is 0 Å². The van der Waals surface area contributed by atoms with Crippen LogP contribution in [0, 0.1) is 5.82 Å². The first-order chi connectivity index (χ1) is 12.7. The number of hydrogen-bond acceptors (Lipinski definition) is 3. The molecule has 0 saturated heterocycles. The molecule has 2 aromatic carbocycles. The van der Waals surface area contributed by atoms with E-state index in [1.54, 1.807) is 12.1 Å². The van der Waals surface area contributed by atoms with Crippen molar-refractivity contribution in [3.05, 3.63) is 77.2 Å². The van der Waals surface area contributed by atoms with E-state index in [4.69, 9.17) is 5.21 Å². The van der Waals surface area contributed by atoms with Gasteiger partial charge < -0.3 is 10.3 Å². The maximum atomic E-state index is 14.0. The fourth-order valence-electron chi connectivity index (χ4n) is 2.84. The van der Waals surface area contributed by atoms with Gasteiger partial charge in [-0.2, -0.15) is 0 Å². The molecule has 0 atom stereocenters. The van der Waals surface area contributed by atoms with Crippen LogP contribution >= 0.6 is 0 Å². The number of halogens is 1. The van der Waals surface area contributed by atoms with Crippen LogP contribution in [0.1, 0.15) is 16.7 Å². The fraction of sp³-hybridized carbons (Fsp3) is 0.150. The zero-order chi connectivity index (χ0) is 18.4. The van der Waals surface area contributed by atoms with Crippen molar-refractivity contribution >= 4 is 22.9 Å². The molecular weight excluding hydrogens is 333 g/mol. The van der Waals surface area contributed by atoms with Gasteiger partial charge in [-0.3, -0.25) is 10.0 Å². The molecule has 3 aromatic rings. The highest BCUT2D eigenvalue weighted by molar-refractivity contribution is 5.90. The third-order valence-corrected chi connectivity index (χ3v) is 4.17. The predicted molar refractivity (Wildman–Crippen MR) is 99.1 cm³/mol. The van der Waals surface area contributed by atoms with Crippen LogP contribution in [0.4, 0.5) is 4.39 Å². The van der Waals surface area contributed by atoms with Gasteiger partial charge in [0.1, 0.15) is 5.82 Å². The summed E-state index contributed by atoms with van der Waals surface area (Å²) in [5.74, 6) is -1.11. The van der Waals surface area contributed by atoms with Crippen molar-refractivity contribution < 1.29 is 14.4 Å². The van der Waals surface area contributed by atoms with Crippen molar-refractivity contribution in [2.24, 2.45) is 0 Å². The molecule has 0 radical (unpaired) electrons. The van der Waals surface area contributed by atoms with Crippen molar-refractivity contribution in [1.82, 2.24) is 15.8 Å². The first-order valence-electron chi connectivity index (χ1n) is 8.33. The number of rotatable bonds is 7. The van der Waals surface area contributed by atoms with Crippen LogP contribution in [0.3, 0.4) is 0 Å². The minimum Gasteiger partial charge on any atom is -0.361 e. The monoisotopic (exact) mass is 353 g/mol. The fourth-order valence-corrected chi connectivity index (χ4v) is 2.84. The highest BCUT2D eigenvalue weighted by atomic mass is 19.1. The van der Waals surface area contributed by atoms with Crippen LogP contribution in [-0.2, 0) is 17.8 Å². The maximum absolute atomic E-state index is 14.0. The lowest BCUT2D eigenvalue weighted by Crippen LogP contribution is -2.17. The van der Waals surface area contributed by atoms with Crippen molar-refractivity contribution in [2.45, 2.75) is 13.0 Å². The number of hydrogen-bond donors (Lipinski definition) is 4. The molecule has 0 aliphatic rings. The van der Waals surface area contributed by atoms with Crippen LogP contribution in [-0.4, -0.2) is 22.6 Å². The van der Waals surface area contributed by atoms with Gasteiger partial charge in [0.15, 0.2) is 0 Å². The summed E-state index contributed by atoms with van der Waals surface area (Å²) in [6, 6.07) is 13.1. The number of H-pyrrole nitrogens is 1. The molecule has 26 heavy (non-hydrogen) atoms. The van der Waals surface area contributed by atoms with Crippen LogP contribution in [0.5, 0.6) is 0 Å². The van der Waals surface area contributed by atoms with Crippen molar-refractivity contribution in [3.63, 3.8) is 0 Å². The number of amides is 1. The van der Waals surface area contributed by atoms with Gasteiger partial charge in [-0.25, -0.2) is 9.87 Å². The van der Waals surface area contributed by atoms with E-state index < -0.39 is 11.7 Å². The second-order valence-electron chi connectivity index (χ2n) is 5.95. The van der Waals surface area contributed by atoms with Gasteiger partial charge in [-0.05, 0) is 48.4 Å². The Bertz CT molecular complexity index is 934. The third kappa shape index (κ3) is 4.36. The molecule has 1 aromatic heterocycles. The Morgan fingerprint density at radius 2 is 2.12 bits per heavy atom. The second kappa shape index (κ2) is 8.42. The van der Waals surface area contributed by atoms with Gasteiger partial charge >= 0.3 is 0 Å². The number of aromatic amines is 1. The number of carbonyl (C=O) groups excluding carboxylic acids is 1. The average Bonchev–Trinajstić information content (AvgIpc) is 3.13. The van der Waals surface area contributed by atoms with Gasteiger partial charge in [-0.1, -0.05) is 24.3 Å². The van der Waals surface area contributed by atoms with E-state index in [9.17, 15) is 9.18 Å². The van der Waals surface area contributed by atoms with E-state index in [2.05, 4.69) is 28.5 Å². The van der Waals surface area contributed by atoms with E-state index in [0.717, 1.165) is 30.1 Å². The molecule has 0 unspecified atom stereocenters. The maximum Gasteiger partial charge on any atom is 0.267 e. The van der Waals surface area contributed by atoms with Crippen LogP contribution in [0.25, 0.3) is 17.0 Å². The molecule has 3 rings (SSSR count). The quantitative estimate of drug-likeness (QED) is 0.228. The summed E-state index contributed by atoms with van der Waals surface area (Å²) in [5, 5.41) is 13.0. The largest absolute Gasteiger partial charge is 0.361 e. The van der Waals surface area contributed by atoms with Crippen LogP contribution in [0.15, 0.2) is 54.7 Å². The average molecular weight is 353 g/mol. The number of fused-ring (bicyclic) bond motifs is 1. The van der Waals surface area contributed by atoms with E-state index in [1.165, 1.54) is 28.6 Å². The number of carbonyl (C=O) groups is 1. The number of aromatic nitrogens is 1. The van der Waals surface area contributed by atoms with Crippen LogP contribution < -0.4 is 10.8 Å². The molecule has 134 valence electrons. The van der Waals surface area contributed by atoms with Crippen molar-refractivity contribution in [3.8, 4) is 0 Å². The lowest BCUT2D eigenvalue weighted by Gasteiger charge is -2.07. The summed E-state index contributed by atoms with van der Waals surface area (Å²) < 4.78 is 14.0. The topological polar surface area (TPSA) is 77.2 Å². The summed E-state index contributed by atoms with van der Waals surface area (Å²) in [5.41, 5.74) is 4.97. The third-order valence-electron chi connectivity index (χ3n) is 4.17. The Kier molecular flexibility index (Phi) is 5.78. The first kappa shape index (κ1) is 17.8. The minimum absolute atomic E-state index is 0.288. The van der Waals surface area contributed by atoms with E-state index in [-0.39, 0.29) is 5.56 Å². The summed E-state index contributed by atoms with van der Waals surface area (Å²) in [6.45, 7) is 1.34. The zero-order valence-corrected chi connectivity index (χ0v) is 14.1. The molecule has 0 spiro atoms. The van der Waals surface area contributed by atoms with Crippen LogP contribution in [0.2, 0.25) is 0 Å². The first-order valence-corrected chi connectivity index (χ1v) is 8.33. The van der Waals surface area contributed by atoms with Crippen molar-refractivity contribution in [2.75, 3.05) is 6.54 Å². The summed E-state index contributed by atoms with van der Waals surface area (Å²) in [7, 11) is 0. The van der Waals surface area contributed by atoms with Crippen molar-refractivity contribution in [1.29, 1.82) is 0 Å². The molecule has 6 heteroatoms. The Hall–Kier alpha value is -2.96. The van der Waals surface area contributed by atoms with E-state index >= 15 is 0 Å². The lowest BCUT2D eigenvalue weighted by molar-refractivity contribution is -0.124. The molecule has 1 heterocycles. The molecule has 1 amide bonds. The predicted octanol–water partition coefficient (Wildman–Crippen LogP) is 3.16. The SMILES string of the molecule is O=C(/C=C/c1ccc(CNCCc2cccc3[nH]ccc23)cc1F)NO. The Labute approximate surface area is 150 Å². The molecule has 0 saturated carbocycles. The van der Waals surface area contributed by atoms with Gasteiger partial charge in [0.05, 0.1) is 0 Å². The standard InChI is InChI=1S/C20H20FN3O2/c21-18-12-14(4-5-16(18)6-7-20(25)24-26)13-22-10-8-15-2-1-3-19-17(15)9-11-23-19/h1-7,9,11-12,22-23,26H,8,10,13H2,(H,24,25)/b7-6+. The molecule has 4 N–H and O–H groups in total. The number of benzene rings is 2. The minimum atomic E-state index is -0.701. The molecule has 0 aliphatic heterocycles. The molecule has 0 fully saturated rings. The Morgan fingerprint density at radius 1 is 1.23 bits per heavy atom. The summed E-state index contributed by atoms with van der Waals surface area (Å²) in [4.78, 5) is 14.1. The van der Waals surface area contributed by atoms with E-state index in [0.29, 0.717) is 6.54 Å². The van der Waals surface area contributed by atoms with E-state index in [1.807, 2.05) is 12.3 Å². The number of nitrogens with one attached hydrogen (secondary N) is 3. The van der Waals surface area contributed by atoms with Gasteiger partial charge in [0.2, 0.25) is 0 Å². The summed E-state index contributed by atoms with van der Waals surface area (Å²) >= 11 is 0.